The lowest BCUT2D eigenvalue weighted by molar-refractivity contribution is -0.116. The fourth-order valence-electron chi connectivity index (χ4n) is 3.58. The quantitative estimate of drug-likeness (QED) is 0.621. The minimum atomic E-state index is -0.187. The van der Waals surface area contributed by atoms with E-state index >= 15 is 0 Å². The third-order valence-electron chi connectivity index (χ3n) is 5.24. The summed E-state index contributed by atoms with van der Waals surface area (Å²) in [7, 11) is 0. The second kappa shape index (κ2) is 9.93. The van der Waals surface area contributed by atoms with Crippen molar-refractivity contribution < 1.29 is 9.18 Å². The molecule has 3 aromatic rings. The molecule has 2 aromatic carbocycles. The van der Waals surface area contributed by atoms with Crippen LogP contribution in [0.5, 0.6) is 0 Å². The molecule has 0 aliphatic carbocycles. The van der Waals surface area contributed by atoms with Crippen LogP contribution in [0.3, 0.4) is 0 Å². The minimum Gasteiger partial charge on any atom is -0.302 e. The molecular formula is C23H25FN4OS. The van der Waals surface area contributed by atoms with Crippen LogP contribution < -0.4 is 5.32 Å². The zero-order valence-corrected chi connectivity index (χ0v) is 17.6. The summed E-state index contributed by atoms with van der Waals surface area (Å²) in [5.74, 6) is -0.195. The van der Waals surface area contributed by atoms with Crippen LogP contribution in [0.15, 0.2) is 60.0 Å². The Morgan fingerprint density at radius 3 is 2.57 bits per heavy atom. The van der Waals surface area contributed by atoms with E-state index in [2.05, 4.69) is 20.1 Å². The molecule has 0 unspecified atom stereocenters. The molecule has 7 heteroatoms. The van der Waals surface area contributed by atoms with Gasteiger partial charge in [0.05, 0.1) is 5.69 Å². The summed E-state index contributed by atoms with van der Waals surface area (Å²) in [5.41, 5.74) is 2.93. The number of carbonyl (C=O) groups is 1. The summed E-state index contributed by atoms with van der Waals surface area (Å²) in [6, 6.07) is 16.7. The molecule has 156 valence electrons. The van der Waals surface area contributed by atoms with Gasteiger partial charge in [0.1, 0.15) is 5.82 Å². The van der Waals surface area contributed by atoms with E-state index in [1.54, 1.807) is 12.1 Å². The third-order valence-corrected chi connectivity index (χ3v) is 5.99. The van der Waals surface area contributed by atoms with Crippen LogP contribution in [-0.2, 0) is 11.3 Å². The largest absolute Gasteiger partial charge is 0.302 e. The summed E-state index contributed by atoms with van der Waals surface area (Å²) in [6.45, 7) is 5.17. The predicted octanol–water partition coefficient (Wildman–Crippen LogP) is 4.10. The minimum absolute atomic E-state index is 0.00819. The summed E-state index contributed by atoms with van der Waals surface area (Å²) in [5, 5.41) is 5.51. The van der Waals surface area contributed by atoms with Crippen molar-refractivity contribution in [2.45, 2.75) is 13.0 Å². The van der Waals surface area contributed by atoms with Gasteiger partial charge in [-0.25, -0.2) is 9.37 Å². The Morgan fingerprint density at radius 2 is 1.80 bits per heavy atom. The van der Waals surface area contributed by atoms with Crippen LogP contribution in [0.25, 0.3) is 11.3 Å². The van der Waals surface area contributed by atoms with E-state index in [9.17, 15) is 9.18 Å². The maximum Gasteiger partial charge on any atom is 0.227 e. The van der Waals surface area contributed by atoms with Crippen LogP contribution in [0, 0.1) is 5.82 Å². The van der Waals surface area contributed by atoms with Crippen LogP contribution in [0.2, 0.25) is 0 Å². The SMILES string of the molecule is O=C(CCN1CCN(Cc2cccc(F)c2)CC1)Nc1nc(-c2ccccc2)cs1. The molecule has 1 amide bonds. The zero-order chi connectivity index (χ0) is 20.8. The number of hydrogen-bond acceptors (Lipinski definition) is 5. The molecule has 1 aliphatic heterocycles. The highest BCUT2D eigenvalue weighted by atomic mass is 32.1. The standard InChI is InChI=1S/C23H25FN4OS/c24-20-8-4-5-18(15-20)16-28-13-11-27(12-14-28)10-9-22(29)26-23-25-21(17-30-23)19-6-2-1-3-7-19/h1-8,15,17H,9-14,16H2,(H,25,26,29). The molecule has 2 heterocycles. The molecule has 0 atom stereocenters. The maximum atomic E-state index is 13.3. The van der Waals surface area contributed by atoms with Gasteiger partial charge < -0.3 is 10.2 Å². The zero-order valence-electron chi connectivity index (χ0n) is 16.8. The van der Waals surface area contributed by atoms with Gasteiger partial charge in [-0.2, -0.15) is 0 Å². The van der Waals surface area contributed by atoms with E-state index < -0.39 is 0 Å². The first kappa shape index (κ1) is 20.7. The van der Waals surface area contributed by atoms with Crippen molar-refractivity contribution in [2.75, 3.05) is 38.0 Å². The Balaban J connectivity index is 1.19. The molecule has 5 nitrogen and oxygen atoms in total. The van der Waals surface area contributed by atoms with Crippen molar-refractivity contribution in [2.24, 2.45) is 0 Å². The second-order valence-corrected chi connectivity index (χ2v) is 8.31. The first-order valence-electron chi connectivity index (χ1n) is 10.2. The van der Waals surface area contributed by atoms with E-state index in [0.29, 0.717) is 11.6 Å². The number of halogens is 1. The highest BCUT2D eigenvalue weighted by molar-refractivity contribution is 7.14. The molecule has 0 spiro atoms. The number of benzene rings is 2. The van der Waals surface area contributed by atoms with Crippen molar-refractivity contribution in [3.05, 3.63) is 71.4 Å². The molecule has 0 saturated carbocycles. The van der Waals surface area contributed by atoms with Crippen molar-refractivity contribution in [1.29, 1.82) is 0 Å². The number of anilines is 1. The van der Waals surface area contributed by atoms with Crippen LogP contribution in [0.4, 0.5) is 9.52 Å². The summed E-state index contributed by atoms with van der Waals surface area (Å²) < 4.78 is 13.3. The van der Waals surface area contributed by atoms with Gasteiger partial charge in [0.15, 0.2) is 5.13 Å². The monoisotopic (exact) mass is 424 g/mol. The molecule has 1 saturated heterocycles. The first-order valence-corrected chi connectivity index (χ1v) is 11.0. The highest BCUT2D eigenvalue weighted by Crippen LogP contribution is 2.24. The van der Waals surface area contributed by atoms with E-state index in [4.69, 9.17) is 0 Å². The molecule has 1 fully saturated rings. The molecule has 1 N–H and O–H groups in total. The second-order valence-electron chi connectivity index (χ2n) is 7.45. The number of amides is 1. The fraction of sp³-hybridized carbons (Fsp3) is 0.304. The van der Waals surface area contributed by atoms with Gasteiger partial charge in [0.2, 0.25) is 5.91 Å². The Kier molecular flexibility index (Phi) is 6.84. The lowest BCUT2D eigenvalue weighted by atomic mass is 10.2. The van der Waals surface area contributed by atoms with Gasteiger partial charge in [-0.1, -0.05) is 42.5 Å². The van der Waals surface area contributed by atoms with E-state index in [-0.39, 0.29) is 11.7 Å². The molecular weight excluding hydrogens is 399 g/mol. The Labute approximate surface area is 180 Å². The number of carbonyl (C=O) groups excluding carboxylic acids is 1. The Morgan fingerprint density at radius 1 is 1.03 bits per heavy atom. The maximum absolute atomic E-state index is 13.3. The molecule has 4 rings (SSSR count). The normalized spacial score (nSPS) is 15.2. The van der Waals surface area contributed by atoms with Gasteiger partial charge in [-0.3, -0.25) is 9.69 Å². The average Bonchev–Trinajstić information content (AvgIpc) is 3.22. The van der Waals surface area contributed by atoms with E-state index in [1.165, 1.54) is 17.4 Å². The lowest BCUT2D eigenvalue weighted by Crippen LogP contribution is -2.46. The summed E-state index contributed by atoms with van der Waals surface area (Å²) in [6.07, 6.45) is 0.449. The molecule has 0 radical (unpaired) electrons. The van der Waals surface area contributed by atoms with E-state index in [1.807, 2.05) is 41.8 Å². The number of nitrogens with zero attached hydrogens (tertiary/aromatic N) is 3. The van der Waals surface area contributed by atoms with Gasteiger partial charge in [-0.05, 0) is 17.7 Å². The van der Waals surface area contributed by atoms with Gasteiger partial charge >= 0.3 is 0 Å². The van der Waals surface area contributed by atoms with E-state index in [0.717, 1.165) is 56.1 Å². The van der Waals surface area contributed by atoms with Gasteiger partial charge in [-0.15, -0.1) is 11.3 Å². The Hall–Kier alpha value is -2.61. The molecule has 30 heavy (non-hydrogen) atoms. The number of hydrogen-bond donors (Lipinski definition) is 1. The van der Waals surface area contributed by atoms with Crippen molar-refractivity contribution in [3.8, 4) is 11.3 Å². The number of aromatic nitrogens is 1. The Bertz CT molecular complexity index is 970. The summed E-state index contributed by atoms with van der Waals surface area (Å²) >= 11 is 1.45. The van der Waals surface area contributed by atoms with Crippen LogP contribution in [0.1, 0.15) is 12.0 Å². The fourth-order valence-corrected chi connectivity index (χ4v) is 4.31. The number of piperazine rings is 1. The lowest BCUT2D eigenvalue weighted by Gasteiger charge is -2.34. The average molecular weight is 425 g/mol. The van der Waals surface area contributed by atoms with Crippen molar-refractivity contribution in [3.63, 3.8) is 0 Å². The third kappa shape index (κ3) is 5.72. The van der Waals surface area contributed by atoms with Crippen molar-refractivity contribution in [1.82, 2.24) is 14.8 Å². The van der Waals surface area contributed by atoms with Gasteiger partial charge in [0.25, 0.3) is 0 Å². The van der Waals surface area contributed by atoms with Gasteiger partial charge in [0, 0.05) is 56.6 Å². The topological polar surface area (TPSA) is 48.5 Å². The first-order chi connectivity index (χ1) is 14.7. The number of rotatable bonds is 7. The summed E-state index contributed by atoms with van der Waals surface area (Å²) in [4.78, 5) is 21.5. The highest BCUT2D eigenvalue weighted by Gasteiger charge is 2.18. The van der Waals surface area contributed by atoms with Crippen molar-refractivity contribution >= 4 is 22.4 Å². The molecule has 1 aliphatic rings. The predicted molar refractivity (Wildman–Crippen MR) is 119 cm³/mol. The number of thiazole rings is 1. The van der Waals surface area contributed by atoms with Crippen LogP contribution in [-0.4, -0.2) is 53.4 Å². The smallest absolute Gasteiger partial charge is 0.227 e. The molecule has 1 aromatic heterocycles. The van der Waals surface area contributed by atoms with Crippen LogP contribution >= 0.6 is 11.3 Å². The number of nitrogens with one attached hydrogen (secondary N) is 1. The molecule has 0 bridgehead atoms.